The van der Waals surface area contributed by atoms with Gasteiger partial charge in [0.1, 0.15) is 6.04 Å². The second-order valence-corrected chi connectivity index (χ2v) is 5.72. The highest BCUT2D eigenvalue weighted by Crippen LogP contribution is 2.27. The monoisotopic (exact) mass is 280 g/mol. The van der Waals surface area contributed by atoms with Gasteiger partial charge in [0.25, 0.3) is 0 Å². The van der Waals surface area contributed by atoms with Crippen LogP contribution < -0.4 is 0 Å². The molecule has 112 valence electrons. The first kappa shape index (κ1) is 15.0. The number of aliphatic carboxylic acids is 1. The molecule has 1 aliphatic carbocycles. The summed E-state index contributed by atoms with van der Waals surface area (Å²) < 4.78 is 0. The molecule has 2 fully saturated rings. The molecule has 1 aliphatic heterocycles. The summed E-state index contributed by atoms with van der Waals surface area (Å²) in [7, 11) is 0. The number of hydrogen-bond acceptors (Lipinski definition) is 3. The summed E-state index contributed by atoms with van der Waals surface area (Å²) in [5.41, 5.74) is 0. The average Bonchev–Trinajstić information content (AvgIpc) is 2.44. The smallest absolute Gasteiger partial charge is 0.305 e. The van der Waals surface area contributed by atoms with Gasteiger partial charge in [0.2, 0.25) is 5.91 Å². The molecule has 1 saturated carbocycles. The van der Waals surface area contributed by atoms with Gasteiger partial charge in [-0.1, -0.05) is 25.3 Å². The molecular formula is C15H24N2O3. The van der Waals surface area contributed by atoms with Gasteiger partial charge in [0, 0.05) is 25.7 Å². The van der Waals surface area contributed by atoms with Crippen molar-refractivity contribution in [1.82, 2.24) is 9.80 Å². The van der Waals surface area contributed by atoms with Crippen LogP contribution in [-0.2, 0) is 9.59 Å². The fraction of sp³-hybridized carbons (Fsp3) is 0.733. The summed E-state index contributed by atoms with van der Waals surface area (Å²) >= 11 is 0. The number of piperazine rings is 1. The lowest BCUT2D eigenvalue weighted by atomic mass is 9.91. The standard InChI is InChI=1S/C15H24N2O3/c1-2-8-16-9-10-17(12-6-4-3-5-7-12)13(15(16)20)11-14(18)19/h2,12-13H,1,3-11H2,(H,18,19). The number of nitrogens with zero attached hydrogens (tertiary/aromatic N) is 2. The van der Waals surface area contributed by atoms with Crippen molar-refractivity contribution in [2.75, 3.05) is 19.6 Å². The van der Waals surface area contributed by atoms with Crippen molar-refractivity contribution in [3.05, 3.63) is 12.7 Å². The van der Waals surface area contributed by atoms with Crippen molar-refractivity contribution in [3.63, 3.8) is 0 Å². The van der Waals surface area contributed by atoms with E-state index in [9.17, 15) is 9.59 Å². The Hall–Kier alpha value is -1.36. The van der Waals surface area contributed by atoms with Crippen LogP contribution in [0.2, 0.25) is 0 Å². The second-order valence-electron chi connectivity index (χ2n) is 5.72. The quantitative estimate of drug-likeness (QED) is 0.775. The number of carboxylic acid groups (broad SMARTS) is 1. The molecule has 1 amide bonds. The van der Waals surface area contributed by atoms with Crippen LogP contribution in [0.25, 0.3) is 0 Å². The third kappa shape index (κ3) is 3.39. The summed E-state index contributed by atoms with van der Waals surface area (Å²) in [4.78, 5) is 27.4. The van der Waals surface area contributed by atoms with E-state index >= 15 is 0 Å². The summed E-state index contributed by atoms with van der Waals surface area (Å²) in [6, 6.07) is -0.118. The number of carboxylic acids is 1. The summed E-state index contributed by atoms with van der Waals surface area (Å²) in [5.74, 6) is -0.950. The molecule has 1 N–H and O–H groups in total. The van der Waals surface area contributed by atoms with Crippen LogP contribution in [-0.4, -0.2) is 58.5 Å². The van der Waals surface area contributed by atoms with Crippen LogP contribution in [0.4, 0.5) is 0 Å². The topological polar surface area (TPSA) is 60.9 Å². The van der Waals surface area contributed by atoms with Crippen LogP contribution in [0.5, 0.6) is 0 Å². The zero-order valence-electron chi connectivity index (χ0n) is 12.0. The molecule has 1 unspecified atom stereocenters. The van der Waals surface area contributed by atoms with Crippen LogP contribution in [0.1, 0.15) is 38.5 Å². The maximum absolute atomic E-state index is 12.5. The Morgan fingerprint density at radius 2 is 2.00 bits per heavy atom. The van der Waals surface area contributed by atoms with Gasteiger partial charge in [-0.25, -0.2) is 0 Å². The zero-order chi connectivity index (χ0) is 14.5. The van der Waals surface area contributed by atoms with Crippen molar-refractivity contribution in [2.45, 2.75) is 50.6 Å². The van der Waals surface area contributed by atoms with Crippen molar-refractivity contribution in [3.8, 4) is 0 Å². The Balaban J connectivity index is 2.10. The van der Waals surface area contributed by atoms with Crippen molar-refractivity contribution >= 4 is 11.9 Å². The van der Waals surface area contributed by atoms with E-state index < -0.39 is 12.0 Å². The van der Waals surface area contributed by atoms with E-state index in [-0.39, 0.29) is 12.3 Å². The molecule has 1 saturated heterocycles. The zero-order valence-corrected chi connectivity index (χ0v) is 12.0. The maximum atomic E-state index is 12.5. The van der Waals surface area contributed by atoms with E-state index in [1.54, 1.807) is 11.0 Å². The molecule has 1 atom stereocenters. The lowest BCUT2D eigenvalue weighted by Gasteiger charge is -2.45. The third-order valence-corrected chi connectivity index (χ3v) is 4.39. The molecule has 20 heavy (non-hydrogen) atoms. The highest BCUT2D eigenvalue weighted by Gasteiger charge is 2.39. The number of rotatable bonds is 5. The second kappa shape index (κ2) is 6.88. The van der Waals surface area contributed by atoms with Gasteiger partial charge in [-0.2, -0.15) is 0 Å². The number of hydrogen-bond donors (Lipinski definition) is 1. The van der Waals surface area contributed by atoms with Crippen molar-refractivity contribution in [1.29, 1.82) is 0 Å². The van der Waals surface area contributed by atoms with Gasteiger partial charge >= 0.3 is 5.97 Å². The van der Waals surface area contributed by atoms with Gasteiger partial charge in [0.05, 0.1) is 6.42 Å². The fourth-order valence-electron chi connectivity index (χ4n) is 3.41. The van der Waals surface area contributed by atoms with Crippen LogP contribution in [0.15, 0.2) is 12.7 Å². The van der Waals surface area contributed by atoms with Gasteiger partial charge in [-0.05, 0) is 12.8 Å². The molecule has 5 heteroatoms. The maximum Gasteiger partial charge on any atom is 0.305 e. The predicted molar refractivity (Wildman–Crippen MR) is 76.4 cm³/mol. The molecule has 0 radical (unpaired) electrons. The first-order valence-electron chi connectivity index (χ1n) is 7.50. The molecule has 0 bridgehead atoms. The minimum Gasteiger partial charge on any atom is -0.481 e. The number of amides is 1. The number of carbonyl (C=O) groups is 2. The van der Waals surface area contributed by atoms with E-state index in [0.717, 1.165) is 19.4 Å². The molecule has 0 spiro atoms. The fourth-order valence-corrected chi connectivity index (χ4v) is 3.41. The summed E-state index contributed by atoms with van der Waals surface area (Å²) in [5, 5.41) is 9.10. The van der Waals surface area contributed by atoms with Crippen molar-refractivity contribution in [2.24, 2.45) is 0 Å². The minimum absolute atomic E-state index is 0.0517. The first-order chi connectivity index (χ1) is 9.63. The van der Waals surface area contributed by atoms with Crippen LogP contribution in [0.3, 0.4) is 0 Å². The molecule has 2 rings (SSSR count). The Labute approximate surface area is 120 Å². The highest BCUT2D eigenvalue weighted by molar-refractivity contribution is 5.87. The Kier molecular flexibility index (Phi) is 5.17. The van der Waals surface area contributed by atoms with E-state index in [4.69, 9.17) is 5.11 Å². The van der Waals surface area contributed by atoms with E-state index in [2.05, 4.69) is 11.5 Å². The van der Waals surface area contributed by atoms with Gasteiger partial charge in [-0.15, -0.1) is 6.58 Å². The normalized spacial score (nSPS) is 25.7. The predicted octanol–water partition coefficient (Wildman–Crippen LogP) is 1.49. The summed E-state index contributed by atoms with van der Waals surface area (Å²) in [6.07, 6.45) is 7.41. The van der Waals surface area contributed by atoms with E-state index in [1.165, 1.54) is 19.3 Å². The first-order valence-corrected chi connectivity index (χ1v) is 7.50. The molecule has 1 heterocycles. The lowest BCUT2D eigenvalue weighted by molar-refractivity contribution is -0.150. The SMILES string of the molecule is C=CCN1CCN(C2CCCCC2)C(CC(=O)O)C1=O. The Morgan fingerprint density at radius 3 is 2.60 bits per heavy atom. The lowest BCUT2D eigenvalue weighted by Crippen LogP contribution is -2.60. The van der Waals surface area contributed by atoms with Crippen molar-refractivity contribution < 1.29 is 14.7 Å². The van der Waals surface area contributed by atoms with Crippen LogP contribution in [0, 0.1) is 0 Å². The molecule has 0 aromatic carbocycles. The molecule has 0 aromatic heterocycles. The minimum atomic E-state index is -0.899. The van der Waals surface area contributed by atoms with E-state index in [0.29, 0.717) is 19.1 Å². The largest absolute Gasteiger partial charge is 0.481 e. The Bertz CT molecular complexity index is 377. The summed E-state index contributed by atoms with van der Waals surface area (Å²) in [6.45, 7) is 5.63. The van der Waals surface area contributed by atoms with Gasteiger partial charge < -0.3 is 10.0 Å². The molecule has 2 aliphatic rings. The molecule has 5 nitrogen and oxygen atoms in total. The average molecular weight is 280 g/mol. The third-order valence-electron chi connectivity index (χ3n) is 4.39. The van der Waals surface area contributed by atoms with E-state index in [1.807, 2.05) is 0 Å². The van der Waals surface area contributed by atoms with Crippen LogP contribution >= 0.6 is 0 Å². The highest BCUT2D eigenvalue weighted by atomic mass is 16.4. The van der Waals surface area contributed by atoms with Gasteiger partial charge in [-0.3, -0.25) is 14.5 Å². The Morgan fingerprint density at radius 1 is 1.30 bits per heavy atom. The number of carbonyl (C=O) groups excluding carboxylic acids is 1. The molecule has 0 aromatic rings. The molecular weight excluding hydrogens is 256 g/mol. The van der Waals surface area contributed by atoms with Gasteiger partial charge in [0.15, 0.2) is 0 Å².